The topological polar surface area (TPSA) is 56.4 Å². The molecule has 2 aliphatic carbocycles. The number of aryl methyl sites for hydroxylation is 2. The summed E-state index contributed by atoms with van der Waals surface area (Å²) in [4.78, 5) is 14.7. The lowest BCUT2D eigenvalue weighted by molar-refractivity contribution is 0.186. The van der Waals surface area contributed by atoms with Gasteiger partial charge in [0.1, 0.15) is 0 Å². The maximum absolute atomic E-state index is 12.3. The second kappa shape index (κ2) is 7.33. The number of fused-ring (bicyclic) bond motifs is 2. The van der Waals surface area contributed by atoms with Crippen LogP contribution in [0.4, 0.5) is 10.5 Å². The van der Waals surface area contributed by atoms with Crippen LogP contribution in [0.2, 0.25) is 0 Å². The first-order valence-corrected chi connectivity index (χ1v) is 9.97. The molecule has 1 heterocycles. The lowest BCUT2D eigenvalue weighted by Gasteiger charge is -2.30. The van der Waals surface area contributed by atoms with Gasteiger partial charge in [-0.15, -0.1) is 0 Å². The Labute approximate surface area is 148 Å². The Morgan fingerprint density at radius 1 is 1.04 bits per heavy atom. The molecule has 4 rings (SSSR count). The number of nitrogens with zero attached hydrogens (tertiary/aromatic N) is 1. The van der Waals surface area contributed by atoms with E-state index in [9.17, 15) is 4.79 Å². The van der Waals surface area contributed by atoms with Crippen molar-refractivity contribution in [1.29, 1.82) is 0 Å². The number of rotatable bonds is 6. The summed E-state index contributed by atoms with van der Waals surface area (Å²) in [6.45, 7) is 4.37. The molecule has 2 amide bonds. The summed E-state index contributed by atoms with van der Waals surface area (Å²) in [5, 5.41) is 3.14. The third-order valence-electron chi connectivity index (χ3n) is 5.41. The van der Waals surface area contributed by atoms with Crippen molar-refractivity contribution >= 4 is 23.9 Å². The van der Waals surface area contributed by atoms with Gasteiger partial charge in [-0.2, -0.15) is 0 Å². The van der Waals surface area contributed by atoms with Crippen LogP contribution < -0.4 is 14.8 Å². The van der Waals surface area contributed by atoms with E-state index in [1.807, 2.05) is 0 Å². The number of benzene rings is 1. The minimum Gasteiger partial charge on any atom is -0.307 e. The van der Waals surface area contributed by atoms with Gasteiger partial charge in [-0.1, -0.05) is 6.07 Å². The summed E-state index contributed by atoms with van der Waals surface area (Å²) < 4.78 is 6.07. The van der Waals surface area contributed by atoms with Crippen molar-refractivity contribution in [3.05, 3.63) is 28.3 Å². The molecule has 3 aliphatic rings. The molecule has 24 heavy (non-hydrogen) atoms. The predicted octanol–water partition coefficient (Wildman–Crippen LogP) is 2.64. The largest absolute Gasteiger partial charge is 0.330 e. The van der Waals surface area contributed by atoms with Crippen LogP contribution in [-0.4, -0.2) is 37.1 Å². The van der Waals surface area contributed by atoms with Gasteiger partial charge in [0, 0.05) is 30.9 Å². The van der Waals surface area contributed by atoms with Crippen LogP contribution in [0.3, 0.4) is 0 Å². The molecule has 1 aromatic rings. The van der Waals surface area contributed by atoms with E-state index in [-0.39, 0.29) is 6.03 Å². The molecule has 1 aromatic carbocycles. The second-order valence-corrected chi connectivity index (χ2v) is 7.68. The van der Waals surface area contributed by atoms with Gasteiger partial charge in [0.2, 0.25) is 0 Å². The van der Waals surface area contributed by atoms with Gasteiger partial charge in [-0.05, 0) is 80.3 Å². The highest BCUT2D eigenvalue weighted by Gasteiger charge is 2.24. The fourth-order valence-electron chi connectivity index (χ4n) is 4.05. The van der Waals surface area contributed by atoms with E-state index in [0.717, 1.165) is 44.5 Å². The number of likely N-dealkylation sites (tertiary alicyclic amines) is 1. The molecule has 0 spiro atoms. The molecule has 6 heteroatoms. The number of amides is 2. The fourth-order valence-corrected chi connectivity index (χ4v) is 4.46. The molecule has 5 nitrogen and oxygen atoms in total. The zero-order valence-corrected chi connectivity index (χ0v) is 14.9. The summed E-state index contributed by atoms with van der Waals surface area (Å²) in [5.74, 6) is 0. The van der Waals surface area contributed by atoms with Crippen molar-refractivity contribution < 1.29 is 4.79 Å². The van der Waals surface area contributed by atoms with E-state index in [0.29, 0.717) is 0 Å². The first kappa shape index (κ1) is 16.2. The van der Waals surface area contributed by atoms with Crippen LogP contribution in [0.1, 0.15) is 41.5 Å². The van der Waals surface area contributed by atoms with Crippen molar-refractivity contribution in [1.82, 2.24) is 14.3 Å². The molecule has 0 unspecified atom stereocenters. The van der Waals surface area contributed by atoms with Crippen LogP contribution in [0.5, 0.6) is 0 Å². The summed E-state index contributed by atoms with van der Waals surface area (Å²) in [6, 6.07) is 2.27. The molecular weight excluding hydrogens is 320 g/mol. The maximum Gasteiger partial charge on any atom is 0.330 e. The highest BCUT2D eigenvalue weighted by atomic mass is 32.2. The van der Waals surface area contributed by atoms with Gasteiger partial charge in [0.15, 0.2) is 0 Å². The number of urea groups is 1. The number of carbonyl (C=O) groups excluding carboxylic acids is 1. The van der Waals surface area contributed by atoms with Gasteiger partial charge in [0.25, 0.3) is 0 Å². The number of hydrogen-bond donors (Lipinski definition) is 3. The van der Waals surface area contributed by atoms with Crippen LogP contribution in [0, 0.1) is 0 Å². The van der Waals surface area contributed by atoms with Crippen molar-refractivity contribution in [3.8, 4) is 0 Å². The normalized spacial score (nSPS) is 18.8. The van der Waals surface area contributed by atoms with Gasteiger partial charge < -0.3 is 10.2 Å². The Hall–Kier alpha value is -1.24. The predicted molar refractivity (Wildman–Crippen MR) is 99.3 cm³/mol. The van der Waals surface area contributed by atoms with Crippen LogP contribution in [0.25, 0.3) is 0 Å². The standard InChI is InChI=1S/C18H26N4OS/c23-18(21-24-19-8-11-22-9-3-10-22)20-17-15-6-1-4-13(15)12-14-5-2-7-16(14)17/h12,19H,1-11H2,(H2,20,21,23). The van der Waals surface area contributed by atoms with Gasteiger partial charge in [-0.3, -0.25) is 4.72 Å². The Morgan fingerprint density at radius 2 is 1.75 bits per heavy atom. The fraction of sp³-hybridized carbons (Fsp3) is 0.611. The molecule has 3 N–H and O–H groups in total. The monoisotopic (exact) mass is 346 g/mol. The number of hydrogen-bond acceptors (Lipinski definition) is 4. The minimum absolute atomic E-state index is 0.120. The molecule has 1 fully saturated rings. The summed E-state index contributed by atoms with van der Waals surface area (Å²) >= 11 is 1.29. The SMILES string of the molecule is O=C(NSNCCN1CCC1)Nc1c2c(cc3c1CCC3)CCC2. The van der Waals surface area contributed by atoms with Gasteiger partial charge in [0.05, 0.1) is 0 Å². The molecule has 0 atom stereocenters. The Bertz CT molecular complexity index is 598. The Balaban J connectivity index is 1.31. The highest BCUT2D eigenvalue weighted by molar-refractivity contribution is 7.96. The lowest BCUT2D eigenvalue weighted by atomic mass is 9.99. The van der Waals surface area contributed by atoms with Gasteiger partial charge in [-0.25, -0.2) is 9.52 Å². The summed E-state index contributed by atoms with van der Waals surface area (Å²) in [7, 11) is 0. The summed E-state index contributed by atoms with van der Waals surface area (Å²) in [5.41, 5.74) is 6.76. The highest BCUT2D eigenvalue weighted by Crippen LogP contribution is 2.38. The molecular formula is C18H26N4OS. The summed E-state index contributed by atoms with van der Waals surface area (Å²) in [6.07, 6.45) is 8.25. The number of carbonyl (C=O) groups is 1. The van der Waals surface area contributed by atoms with E-state index in [1.54, 1.807) is 0 Å². The minimum atomic E-state index is -0.120. The molecule has 130 valence electrons. The van der Waals surface area contributed by atoms with E-state index in [2.05, 4.69) is 25.7 Å². The van der Waals surface area contributed by atoms with E-state index in [4.69, 9.17) is 0 Å². The average Bonchev–Trinajstić information content (AvgIpc) is 3.17. The quantitative estimate of drug-likeness (QED) is 0.547. The first-order valence-electron chi connectivity index (χ1n) is 9.16. The van der Waals surface area contributed by atoms with E-state index < -0.39 is 0 Å². The molecule has 0 radical (unpaired) electrons. The van der Waals surface area contributed by atoms with Crippen molar-refractivity contribution in [2.45, 2.75) is 44.9 Å². The third kappa shape index (κ3) is 3.41. The zero-order chi connectivity index (χ0) is 16.4. The van der Waals surface area contributed by atoms with Crippen molar-refractivity contribution in [2.75, 3.05) is 31.5 Å². The lowest BCUT2D eigenvalue weighted by Crippen LogP contribution is -2.41. The third-order valence-corrected chi connectivity index (χ3v) is 6.04. The molecule has 1 saturated heterocycles. The Kier molecular flexibility index (Phi) is 4.96. The van der Waals surface area contributed by atoms with E-state index in [1.165, 1.54) is 66.7 Å². The Morgan fingerprint density at radius 3 is 2.38 bits per heavy atom. The van der Waals surface area contributed by atoms with Crippen LogP contribution in [0.15, 0.2) is 6.07 Å². The smallest absolute Gasteiger partial charge is 0.307 e. The zero-order valence-electron chi connectivity index (χ0n) is 14.1. The van der Waals surface area contributed by atoms with Crippen LogP contribution >= 0.6 is 12.1 Å². The second-order valence-electron chi connectivity index (χ2n) is 6.98. The first-order chi connectivity index (χ1) is 11.8. The average molecular weight is 347 g/mol. The molecule has 0 bridgehead atoms. The molecule has 0 aromatic heterocycles. The van der Waals surface area contributed by atoms with E-state index >= 15 is 0 Å². The van der Waals surface area contributed by atoms with Crippen molar-refractivity contribution in [3.63, 3.8) is 0 Å². The molecule has 0 saturated carbocycles. The number of anilines is 1. The maximum atomic E-state index is 12.3. The molecule has 1 aliphatic heterocycles. The van der Waals surface area contributed by atoms with Gasteiger partial charge >= 0.3 is 6.03 Å². The van der Waals surface area contributed by atoms with Crippen LogP contribution in [-0.2, 0) is 25.7 Å². The van der Waals surface area contributed by atoms with Crippen molar-refractivity contribution in [2.24, 2.45) is 0 Å². The number of nitrogens with one attached hydrogen (secondary N) is 3.